The summed E-state index contributed by atoms with van der Waals surface area (Å²) in [5.74, 6) is 2.22. The minimum atomic E-state index is 0.229. The molecule has 0 aliphatic carbocycles. The van der Waals surface area contributed by atoms with E-state index in [4.69, 9.17) is 14.2 Å². The van der Waals surface area contributed by atoms with Crippen LogP contribution in [0.25, 0.3) is 0 Å². The van der Waals surface area contributed by atoms with Crippen LogP contribution in [0.2, 0.25) is 0 Å². The molecule has 2 aliphatic rings. The van der Waals surface area contributed by atoms with Crippen LogP contribution in [0.15, 0.2) is 18.2 Å². The van der Waals surface area contributed by atoms with E-state index in [1.165, 1.54) is 5.56 Å². The molecular formula is C15H19NO4. The summed E-state index contributed by atoms with van der Waals surface area (Å²) in [5, 5.41) is 0. The third-order valence-electron chi connectivity index (χ3n) is 3.82. The standard InChI is InChI=1S/C15H19NO4/c1-18-5-4-16-9-12(8-15(16)17)6-11-2-3-13-14(7-11)20-10-19-13/h2-3,7,12H,4-6,8-10H2,1H3/t12-/m0/s1. The molecule has 0 saturated carbocycles. The molecule has 3 rings (SSSR count). The first-order chi connectivity index (χ1) is 9.76. The first-order valence-electron chi connectivity index (χ1n) is 6.91. The lowest BCUT2D eigenvalue weighted by Crippen LogP contribution is -2.28. The largest absolute Gasteiger partial charge is 0.454 e. The van der Waals surface area contributed by atoms with Crippen molar-refractivity contribution >= 4 is 5.91 Å². The molecular weight excluding hydrogens is 258 g/mol. The van der Waals surface area contributed by atoms with Crippen molar-refractivity contribution in [3.05, 3.63) is 23.8 Å². The SMILES string of the molecule is COCCN1C[C@@H](Cc2ccc3c(c2)OCO3)CC1=O. The summed E-state index contributed by atoms with van der Waals surface area (Å²) in [7, 11) is 1.66. The molecule has 1 aromatic rings. The third kappa shape index (κ3) is 2.72. The molecule has 0 aromatic heterocycles. The zero-order chi connectivity index (χ0) is 13.9. The molecule has 0 spiro atoms. The van der Waals surface area contributed by atoms with Gasteiger partial charge < -0.3 is 19.1 Å². The predicted octanol–water partition coefficient (Wildman–Crippen LogP) is 1.45. The fraction of sp³-hybridized carbons (Fsp3) is 0.533. The van der Waals surface area contributed by atoms with Crippen molar-refractivity contribution < 1.29 is 19.0 Å². The molecule has 1 atom stereocenters. The van der Waals surface area contributed by atoms with E-state index in [-0.39, 0.29) is 5.91 Å². The highest BCUT2D eigenvalue weighted by Gasteiger charge is 2.29. The van der Waals surface area contributed by atoms with E-state index < -0.39 is 0 Å². The fourth-order valence-electron chi connectivity index (χ4n) is 2.81. The van der Waals surface area contributed by atoms with Crippen molar-refractivity contribution in [3.8, 4) is 11.5 Å². The van der Waals surface area contributed by atoms with E-state index >= 15 is 0 Å². The monoisotopic (exact) mass is 277 g/mol. The molecule has 1 aromatic carbocycles. The van der Waals surface area contributed by atoms with Gasteiger partial charge in [0.1, 0.15) is 0 Å². The van der Waals surface area contributed by atoms with Crippen LogP contribution < -0.4 is 9.47 Å². The van der Waals surface area contributed by atoms with Crippen LogP contribution in [0.1, 0.15) is 12.0 Å². The summed E-state index contributed by atoms with van der Waals surface area (Å²) in [5.41, 5.74) is 1.20. The minimum Gasteiger partial charge on any atom is -0.454 e. The van der Waals surface area contributed by atoms with Gasteiger partial charge in [-0.2, -0.15) is 0 Å². The number of ether oxygens (including phenoxy) is 3. The van der Waals surface area contributed by atoms with Gasteiger partial charge in [0, 0.05) is 26.6 Å². The normalized spacial score (nSPS) is 20.8. The Morgan fingerprint density at radius 3 is 3.05 bits per heavy atom. The number of amides is 1. The van der Waals surface area contributed by atoms with Crippen LogP contribution in [0.3, 0.4) is 0 Å². The Balaban J connectivity index is 1.60. The quantitative estimate of drug-likeness (QED) is 0.817. The van der Waals surface area contributed by atoms with Gasteiger partial charge in [-0.05, 0) is 30.0 Å². The highest BCUT2D eigenvalue weighted by Crippen LogP contribution is 2.33. The van der Waals surface area contributed by atoms with Gasteiger partial charge in [-0.3, -0.25) is 4.79 Å². The summed E-state index contributed by atoms with van der Waals surface area (Å²) < 4.78 is 15.7. The predicted molar refractivity (Wildman–Crippen MR) is 72.8 cm³/mol. The molecule has 5 nitrogen and oxygen atoms in total. The average Bonchev–Trinajstić information content (AvgIpc) is 3.03. The Morgan fingerprint density at radius 2 is 2.20 bits per heavy atom. The number of hydrogen-bond acceptors (Lipinski definition) is 4. The van der Waals surface area contributed by atoms with E-state index in [0.29, 0.717) is 32.3 Å². The Bertz CT molecular complexity index is 503. The molecule has 2 aliphatic heterocycles. The van der Waals surface area contributed by atoms with Crippen molar-refractivity contribution in [2.24, 2.45) is 5.92 Å². The van der Waals surface area contributed by atoms with Crippen LogP contribution in [0.4, 0.5) is 0 Å². The second-order valence-electron chi connectivity index (χ2n) is 5.29. The van der Waals surface area contributed by atoms with E-state index in [0.717, 1.165) is 24.5 Å². The number of methoxy groups -OCH3 is 1. The van der Waals surface area contributed by atoms with Crippen molar-refractivity contribution in [1.29, 1.82) is 0 Å². The lowest BCUT2D eigenvalue weighted by atomic mass is 9.98. The molecule has 0 N–H and O–H groups in total. The molecule has 0 unspecified atom stereocenters. The van der Waals surface area contributed by atoms with Crippen LogP contribution in [-0.4, -0.2) is 44.4 Å². The maximum absolute atomic E-state index is 11.9. The van der Waals surface area contributed by atoms with Crippen molar-refractivity contribution in [2.75, 3.05) is 33.6 Å². The van der Waals surface area contributed by atoms with Gasteiger partial charge in [-0.15, -0.1) is 0 Å². The Kier molecular flexibility index (Phi) is 3.78. The van der Waals surface area contributed by atoms with Crippen LogP contribution in [-0.2, 0) is 16.0 Å². The highest BCUT2D eigenvalue weighted by molar-refractivity contribution is 5.78. The van der Waals surface area contributed by atoms with Crippen molar-refractivity contribution in [2.45, 2.75) is 12.8 Å². The number of hydrogen-bond donors (Lipinski definition) is 0. The van der Waals surface area contributed by atoms with E-state index in [1.807, 2.05) is 17.0 Å². The Hall–Kier alpha value is -1.75. The fourth-order valence-corrected chi connectivity index (χ4v) is 2.81. The van der Waals surface area contributed by atoms with Gasteiger partial charge >= 0.3 is 0 Å². The number of fused-ring (bicyclic) bond motifs is 1. The summed E-state index contributed by atoms with van der Waals surface area (Å²) in [4.78, 5) is 13.8. The summed E-state index contributed by atoms with van der Waals surface area (Å²) in [6.45, 7) is 2.40. The topological polar surface area (TPSA) is 48.0 Å². The van der Waals surface area contributed by atoms with E-state index in [1.54, 1.807) is 7.11 Å². The first kappa shape index (κ1) is 13.2. The maximum Gasteiger partial charge on any atom is 0.231 e. The smallest absolute Gasteiger partial charge is 0.231 e. The van der Waals surface area contributed by atoms with E-state index in [9.17, 15) is 4.79 Å². The summed E-state index contributed by atoms with van der Waals surface area (Å²) in [6, 6.07) is 6.01. The van der Waals surface area contributed by atoms with Gasteiger partial charge in [0.25, 0.3) is 0 Å². The number of rotatable bonds is 5. The number of carbonyl (C=O) groups is 1. The van der Waals surface area contributed by atoms with Gasteiger partial charge in [0.2, 0.25) is 12.7 Å². The minimum absolute atomic E-state index is 0.229. The molecule has 5 heteroatoms. The number of likely N-dealkylation sites (tertiary alicyclic amines) is 1. The molecule has 0 radical (unpaired) electrons. The summed E-state index contributed by atoms with van der Waals surface area (Å²) >= 11 is 0. The summed E-state index contributed by atoms with van der Waals surface area (Å²) in [6.07, 6.45) is 1.52. The van der Waals surface area contributed by atoms with E-state index in [2.05, 4.69) is 6.07 Å². The van der Waals surface area contributed by atoms with Crippen LogP contribution in [0.5, 0.6) is 11.5 Å². The first-order valence-corrected chi connectivity index (χ1v) is 6.91. The third-order valence-corrected chi connectivity index (χ3v) is 3.82. The van der Waals surface area contributed by atoms with Gasteiger partial charge in [0.05, 0.1) is 6.61 Å². The Labute approximate surface area is 118 Å². The Morgan fingerprint density at radius 1 is 1.35 bits per heavy atom. The van der Waals surface area contributed by atoms with Gasteiger partial charge in [-0.1, -0.05) is 6.07 Å². The molecule has 0 bridgehead atoms. The van der Waals surface area contributed by atoms with Crippen molar-refractivity contribution in [3.63, 3.8) is 0 Å². The maximum atomic E-state index is 11.9. The number of carbonyl (C=O) groups excluding carboxylic acids is 1. The van der Waals surface area contributed by atoms with Crippen LogP contribution in [0, 0.1) is 5.92 Å². The number of benzene rings is 1. The second-order valence-corrected chi connectivity index (χ2v) is 5.29. The molecule has 1 saturated heterocycles. The molecule has 1 fully saturated rings. The van der Waals surface area contributed by atoms with Gasteiger partial charge in [-0.25, -0.2) is 0 Å². The molecule has 108 valence electrons. The average molecular weight is 277 g/mol. The molecule has 2 heterocycles. The van der Waals surface area contributed by atoms with Crippen molar-refractivity contribution in [1.82, 2.24) is 4.90 Å². The zero-order valence-electron chi connectivity index (χ0n) is 11.6. The van der Waals surface area contributed by atoms with Gasteiger partial charge in [0.15, 0.2) is 11.5 Å². The highest BCUT2D eigenvalue weighted by atomic mass is 16.7. The lowest BCUT2D eigenvalue weighted by molar-refractivity contribution is -0.128. The second kappa shape index (κ2) is 5.71. The lowest BCUT2D eigenvalue weighted by Gasteiger charge is -2.16. The molecule has 20 heavy (non-hydrogen) atoms. The van der Waals surface area contributed by atoms with Crippen LogP contribution >= 0.6 is 0 Å². The molecule has 1 amide bonds. The zero-order valence-corrected chi connectivity index (χ0v) is 11.6. The number of nitrogens with zero attached hydrogens (tertiary/aromatic N) is 1.